The molecule has 1 aromatic rings. The van der Waals surface area contributed by atoms with Crippen LogP contribution in [0.3, 0.4) is 0 Å². The molecule has 3 rings (SSSR count). The highest BCUT2D eigenvalue weighted by molar-refractivity contribution is 5.73. The zero-order chi connectivity index (χ0) is 15.4. The number of nitrogens with one attached hydrogen (secondary N) is 2. The van der Waals surface area contributed by atoms with E-state index in [1.54, 1.807) is 13.2 Å². The van der Waals surface area contributed by atoms with E-state index in [0.717, 1.165) is 18.3 Å². The van der Waals surface area contributed by atoms with Crippen LogP contribution in [0.2, 0.25) is 0 Å². The van der Waals surface area contributed by atoms with Crippen molar-refractivity contribution in [2.24, 2.45) is 7.05 Å². The molecule has 7 heteroatoms. The normalized spacial score (nSPS) is 23.0. The molecule has 1 saturated heterocycles. The lowest BCUT2D eigenvalue weighted by atomic mass is 9.89. The standard InChI is InChI=1S/C15H26N6O/c1-20-18-10-12(19-20)9-16-15(22)17-11-14-7-8-21(14)13-5-3-2-4-6-13/h10,13-14H,2-9,11H2,1H3,(H2,16,17,22). The molecule has 0 radical (unpaired) electrons. The smallest absolute Gasteiger partial charge is 0.315 e. The lowest BCUT2D eigenvalue weighted by Crippen LogP contribution is -2.58. The van der Waals surface area contributed by atoms with Crippen LogP contribution in [-0.4, -0.2) is 51.1 Å². The average Bonchev–Trinajstić information content (AvgIpc) is 2.91. The summed E-state index contributed by atoms with van der Waals surface area (Å²) < 4.78 is 0. The Morgan fingerprint density at radius 1 is 1.27 bits per heavy atom. The second-order valence-corrected chi connectivity index (χ2v) is 6.36. The van der Waals surface area contributed by atoms with Crippen LogP contribution in [0.4, 0.5) is 4.79 Å². The molecule has 1 unspecified atom stereocenters. The van der Waals surface area contributed by atoms with Gasteiger partial charge in [0.15, 0.2) is 0 Å². The van der Waals surface area contributed by atoms with E-state index in [-0.39, 0.29) is 6.03 Å². The number of rotatable bonds is 5. The van der Waals surface area contributed by atoms with E-state index in [2.05, 4.69) is 25.7 Å². The summed E-state index contributed by atoms with van der Waals surface area (Å²) in [4.78, 5) is 15.9. The van der Waals surface area contributed by atoms with Crippen molar-refractivity contribution in [3.63, 3.8) is 0 Å². The summed E-state index contributed by atoms with van der Waals surface area (Å²) in [6, 6.07) is 1.14. The maximum Gasteiger partial charge on any atom is 0.315 e. The van der Waals surface area contributed by atoms with Crippen molar-refractivity contribution in [3.05, 3.63) is 11.9 Å². The zero-order valence-electron chi connectivity index (χ0n) is 13.3. The van der Waals surface area contributed by atoms with Crippen LogP contribution >= 0.6 is 0 Å². The van der Waals surface area contributed by atoms with Gasteiger partial charge in [0.2, 0.25) is 0 Å². The van der Waals surface area contributed by atoms with Gasteiger partial charge in [0.25, 0.3) is 0 Å². The summed E-state index contributed by atoms with van der Waals surface area (Å²) in [7, 11) is 1.76. The largest absolute Gasteiger partial charge is 0.337 e. The molecule has 7 nitrogen and oxygen atoms in total. The molecular formula is C15H26N6O. The van der Waals surface area contributed by atoms with Gasteiger partial charge >= 0.3 is 6.03 Å². The first-order valence-corrected chi connectivity index (χ1v) is 8.35. The number of hydrogen-bond donors (Lipinski definition) is 2. The monoisotopic (exact) mass is 306 g/mol. The Labute approximate surface area is 131 Å². The van der Waals surface area contributed by atoms with E-state index in [4.69, 9.17) is 0 Å². The summed E-state index contributed by atoms with van der Waals surface area (Å²) in [5.41, 5.74) is 0.769. The fraction of sp³-hybridized carbons (Fsp3) is 0.800. The predicted molar refractivity (Wildman–Crippen MR) is 83.2 cm³/mol. The fourth-order valence-corrected chi connectivity index (χ4v) is 3.49. The highest BCUT2D eigenvalue weighted by Gasteiger charge is 2.34. The second-order valence-electron chi connectivity index (χ2n) is 6.36. The van der Waals surface area contributed by atoms with E-state index in [1.807, 2.05) is 0 Å². The molecule has 1 aliphatic heterocycles. The van der Waals surface area contributed by atoms with Gasteiger partial charge in [-0.2, -0.15) is 15.0 Å². The number of likely N-dealkylation sites (tertiary alicyclic amines) is 1. The summed E-state index contributed by atoms with van der Waals surface area (Å²) in [5.74, 6) is 0. The molecule has 1 atom stereocenters. The van der Waals surface area contributed by atoms with E-state index in [9.17, 15) is 4.79 Å². The van der Waals surface area contributed by atoms with Gasteiger partial charge in [-0.3, -0.25) is 4.90 Å². The minimum absolute atomic E-state index is 0.124. The van der Waals surface area contributed by atoms with Crippen molar-refractivity contribution in [2.75, 3.05) is 13.1 Å². The first-order valence-electron chi connectivity index (χ1n) is 8.35. The van der Waals surface area contributed by atoms with Crippen LogP contribution in [0.1, 0.15) is 44.2 Å². The van der Waals surface area contributed by atoms with Gasteiger partial charge in [-0.15, -0.1) is 0 Å². The Bertz CT molecular complexity index is 496. The highest BCUT2D eigenvalue weighted by Crippen LogP contribution is 2.29. The molecule has 2 amide bonds. The van der Waals surface area contributed by atoms with Crippen molar-refractivity contribution < 1.29 is 4.79 Å². The van der Waals surface area contributed by atoms with E-state index in [1.165, 1.54) is 49.9 Å². The molecular weight excluding hydrogens is 280 g/mol. The third-order valence-electron chi connectivity index (χ3n) is 4.81. The number of aryl methyl sites for hydroxylation is 1. The van der Waals surface area contributed by atoms with Crippen molar-refractivity contribution in [3.8, 4) is 0 Å². The number of carbonyl (C=O) groups is 1. The molecule has 0 bridgehead atoms. The summed E-state index contributed by atoms with van der Waals surface area (Å²) in [5, 5.41) is 13.9. The van der Waals surface area contributed by atoms with Gasteiger partial charge in [-0.25, -0.2) is 4.79 Å². The minimum atomic E-state index is -0.124. The van der Waals surface area contributed by atoms with Gasteiger partial charge in [-0.1, -0.05) is 19.3 Å². The molecule has 122 valence electrons. The third-order valence-corrected chi connectivity index (χ3v) is 4.81. The summed E-state index contributed by atoms with van der Waals surface area (Å²) in [6.45, 7) is 2.34. The molecule has 2 heterocycles. The van der Waals surface area contributed by atoms with Crippen LogP contribution in [0, 0.1) is 0 Å². The van der Waals surface area contributed by atoms with Gasteiger partial charge < -0.3 is 10.6 Å². The fourth-order valence-electron chi connectivity index (χ4n) is 3.49. The van der Waals surface area contributed by atoms with Crippen LogP contribution < -0.4 is 10.6 Å². The molecule has 1 aromatic heterocycles. The molecule has 0 spiro atoms. The molecule has 22 heavy (non-hydrogen) atoms. The quantitative estimate of drug-likeness (QED) is 0.852. The van der Waals surface area contributed by atoms with Gasteiger partial charge in [0.1, 0.15) is 5.69 Å². The second kappa shape index (κ2) is 7.09. The summed E-state index contributed by atoms with van der Waals surface area (Å²) in [6.07, 6.45) is 9.63. The molecule has 1 saturated carbocycles. The third kappa shape index (κ3) is 3.76. The Kier molecular flexibility index (Phi) is 4.92. The van der Waals surface area contributed by atoms with Crippen LogP contribution in [0.25, 0.3) is 0 Å². The number of aromatic nitrogens is 3. The average molecular weight is 306 g/mol. The molecule has 2 fully saturated rings. The van der Waals surface area contributed by atoms with Crippen molar-refractivity contribution in [1.82, 2.24) is 30.5 Å². The number of urea groups is 1. The number of carbonyl (C=O) groups excluding carboxylic acids is 1. The lowest BCUT2D eigenvalue weighted by Gasteiger charge is -2.47. The Morgan fingerprint density at radius 2 is 2.09 bits per heavy atom. The van der Waals surface area contributed by atoms with Crippen LogP contribution in [0.15, 0.2) is 6.20 Å². The Balaban J connectivity index is 1.36. The van der Waals surface area contributed by atoms with Gasteiger partial charge in [0, 0.05) is 32.2 Å². The van der Waals surface area contributed by atoms with Gasteiger partial charge in [0.05, 0.1) is 12.7 Å². The van der Waals surface area contributed by atoms with Gasteiger partial charge in [-0.05, 0) is 19.3 Å². The minimum Gasteiger partial charge on any atom is -0.337 e. The van der Waals surface area contributed by atoms with Crippen molar-refractivity contribution in [1.29, 1.82) is 0 Å². The number of nitrogens with zero attached hydrogens (tertiary/aromatic N) is 4. The van der Waals surface area contributed by atoms with Crippen molar-refractivity contribution >= 4 is 6.03 Å². The van der Waals surface area contributed by atoms with E-state index in [0.29, 0.717) is 12.6 Å². The number of hydrogen-bond acceptors (Lipinski definition) is 4. The van der Waals surface area contributed by atoms with Crippen molar-refractivity contribution in [2.45, 2.75) is 57.2 Å². The Morgan fingerprint density at radius 3 is 2.73 bits per heavy atom. The molecule has 1 aliphatic carbocycles. The zero-order valence-corrected chi connectivity index (χ0v) is 13.3. The predicted octanol–water partition coefficient (Wildman–Crippen LogP) is 1.02. The first kappa shape index (κ1) is 15.3. The number of amides is 2. The van der Waals surface area contributed by atoms with Crippen LogP contribution in [0.5, 0.6) is 0 Å². The topological polar surface area (TPSA) is 75.1 Å². The summed E-state index contributed by atoms with van der Waals surface area (Å²) >= 11 is 0. The maximum atomic E-state index is 11.9. The lowest BCUT2D eigenvalue weighted by molar-refractivity contribution is 0.0256. The maximum absolute atomic E-state index is 11.9. The molecule has 0 aromatic carbocycles. The first-order chi connectivity index (χ1) is 10.7. The van der Waals surface area contributed by atoms with E-state index >= 15 is 0 Å². The molecule has 2 N–H and O–H groups in total. The molecule has 2 aliphatic rings. The van der Waals surface area contributed by atoms with E-state index < -0.39 is 0 Å². The highest BCUT2D eigenvalue weighted by atomic mass is 16.2. The Hall–Kier alpha value is -1.63. The van der Waals surface area contributed by atoms with Crippen LogP contribution in [-0.2, 0) is 13.6 Å². The SMILES string of the molecule is Cn1ncc(CNC(=O)NCC2CCN2C2CCCCC2)n1.